The Morgan fingerprint density at radius 2 is 2.19 bits per heavy atom. The van der Waals surface area contributed by atoms with Crippen LogP contribution in [0.4, 0.5) is 0 Å². The summed E-state index contributed by atoms with van der Waals surface area (Å²) in [4.78, 5) is 14.5. The van der Waals surface area contributed by atoms with Crippen LogP contribution < -0.4 is 5.55 Å². The van der Waals surface area contributed by atoms with E-state index in [4.69, 9.17) is 5.41 Å². The molecule has 6 nitrogen and oxygen atoms in total. The van der Waals surface area contributed by atoms with Gasteiger partial charge in [0.05, 0.1) is 18.8 Å². The molecule has 0 atom stereocenters. The van der Waals surface area contributed by atoms with Gasteiger partial charge in [-0.1, -0.05) is 6.07 Å². The van der Waals surface area contributed by atoms with E-state index >= 15 is 0 Å². The van der Waals surface area contributed by atoms with Gasteiger partial charge in [-0.25, -0.2) is 15.0 Å². The fraction of sp³-hybridized carbons (Fsp3) is 0. The third-order valence-electron chi connectivity index (χ3n) is 1.73. The molecule has 3 heterocycles. The third kappa shape index (κ3) is 2.50. The number of hydrogen-bond donors (Lipinski definition) is 2. The minimum absolute atomic E-state index is 0.197. The van der Waals surface area contributed by atoms with E-state index in [0.717, 1.165) is 5.52 Å². The van der Waals surface area contributed by atoms with Gasteiger partial charge in [0.25, 0.3) is 0 Å². The highest BCUT2D eigenvalue weighted by molar-refractivity contribution is 5.67. The first kappa shape index (κ1) is 10.0. The molecular formula is C10H9N5O. The zero-order valence-corrected chi connectivity index (χ0v) is 8.29. The largest absolute Gasteiger partial charge is 0.447 e. The highest BCUT2D eigenvalue weighted by Gasteiger charge is 1.91. The van der Waals surface area contributed by atoms with Crippen molar-refractivity contribution in [3.8, 4) is 0 Å². The van der Waals surface area contributed by atoms with Crippen molar-refractivity contribution in [1.29, 1.82) is 5.41 Å². The minimum Gasteiger partial charge on any atom is -0.447 e. The predicted octanol–water partition coefficient (Wildman–Crippen LogP) is 1.11. The van der Waals surface area contributed by atoms with Gasteiger partial charge < -0.3 is 9.40 Å². The van der Waals surface area contributed by atoms with Crippen molar-refractivity contribution >= 4 is 11.2 Å². The van der Waals surface area contributed by atoms with Crippen molar-refractivity contribution in [3.05, 3.63) is 48.9 Å². The van der Waals surface area contributed by atoms with Gasteiger partial charge >= 0.3 is 0 Å². The van der Waals surface area contributed by atoms with E-state index in [1.165, 1.54) is 12.6 Å². The van der Waals surface area contributed by atoms with Crippen molar-refractivity contribution < 1.29 is 4.42 Å². The summed E-state index contributed by atoms with van der Waals surface area (Å²) in [6.07, 6.45) is 6.24. The van der Waals surface area contributed by atoms with E-state index in [0.29, 0.717) is 5.65 Å². The molecule has 0 unspecified atom stereocenters. The molecule has 0 aromatic carbocycles. The SMILES string of the molecule is N=c1cccco1.c1ncc2[nH]cnc2n1. The van der Waals surface area contributed by atoms with Crippen molar-refractivity contribution in [2.75, 3.05) is 0 Å². The first-order chi connectivity index (χ1) is 7.86. The van der Waals surface area contributed by atoms with Gasteiger partial charge in [-0.2, -0.15) is 0 Å². The van der Waals surface area contributed by atoms with Gasteiger partial charge in [0, 0.05) is 6.07 Å². The zero-order valence-electron chi connectivity index (χ0n) is 8.29. The molecule has 6 heteroatoms. The number of nitrogens with zero attached hydrogens (tertiary/aromatic N) is 3. The maximum absolute atomic E-state index is 6.83. The van der Waals surface area contributed by atoms with Crippen LogP contribution >= 0.6 is 0 Å². The first-order valence-corrected chi connectivity index (χ1v) is 4.54. The average Bonchev–Trinajstić information content (AvgIpc) is 2.79. The van der Waals surface area contributed by atoms with Crippen LogP contribution in [0.15, 0.2) is 47.7 Å². The Morgan fingerprint density at radius 3 is 2.81 bits per heavy atom. The monoisotopic (exact) mass is 215 g/mol. The normalized spacial score (nSPS) is 9.50. The molecule has 0 aliphatic carbocycles. The summed E-state index contributed by atoms with van der Waals surface area (Å²) >= 11 is 0. The highest BCUT2D eigenvalue weighted by atomic mass is 16.3. The van der Waals surface area contributed by atoms with Crippen molar-refractivity contribution in [3.63, 3.8) is 0 Å². The maximum atomic E-state index is 6.83. The Hall–Kier alpha value is -2.50. The van der Waals surface area contributed by atoms with Crippen LogP contribution in [-0.4, -0.2) is 19.9 Å². The summed E-state index contributed by atoms with van der Waals surface area (Å²) in [6.45, 7) is 0. The summed E-state index contributed by atoms with van der Waals surface area (Å²) in [7, 11) is 0. The number of H-pyrrole nitrogens is 1. The quantitative estimate of drug-likeness (QED) is 0.587. The molecule has 2 N–H and O–H groups in total. The smallest absolute Gasteiger partial charge is 0.210 e. The summed E-state index contributed by atoms with van der Waals surface area (Å²) in [5, 5.41) is 6.83. The Bertz CT molecular complexity index is 568. The average molecular weight is 215 g/mol. The number of nitrogens with one attached hydrogen (secondary N) is 2. The van der Waals surface area contributed by atoms with Crippen molar-refractivity contribution in [2.24, 2.45) is 0 Å². The van der Waals surface area contributed by atoms with Crippen LogP contribution in [0.3, 0.4) is 0 Å². The molecule has 0 aliphatic rings. The molecule has 3 rings (SSSR count). The van der Waals surface area contributed by atoms with Crippen LogP contribution in [0.5, 0.6) is 0 Å². The number of aromatic nitrogens is 4. The summed E-state index contributed by atoms with van der Waals surface area (Å²) in [6, 6.07) is 5.07. The Balaban J connectivity index is 0.000000125. The molecule has 80 valence electrons. The van der Waals surface area contributed by atoms with Crippen molar-refractivity contribution in [2.45, 2.75) is 0 Å². The van der Waals surface area contributed by atoms with Gasteiger partial charge in [0.15, 0.2) is 5.65 Å². The van der Waals surface area contributed by atoms with Gasteiger partial charge in [-0.15, -0.1) is 0 Å². The lowest BCUT2D eigenvalue weighted by Crippen LogP contribution is -1.91. The molecule has 0 saturated heterocycles. The number of fused-ring (bicyclic) bond motifs is 1. The fourth-order valence-electron chi connectivity index (χ4n) is 1.03. The summed E-state index contributed by atoms with van der Waals surface area (Å²) < 4.78 is 4.59. The standard InChI is InChI=1S/C5H4N4.C5H5NO/c1-4-5(8-2-6-1)9-3-7-4;6-5-3-1-2-4-7-5/h1-3H,(H,6,7,8,9);1-4,6H. The molecule has 0 bridgehead atoms. The van der Waals surface area contributed by atoms with E-state index in [2.05, 4.69) is 24.4 Å². The van der Waals surface area contributed by atoms with Crippen LogP contribution in [0, 0.1) is 5.41 Å². The Labute approximate surface area is 90.5 Å². The second-order valence-corrected chi connectivity index (χ2v) is 2.83. The molecule has 0 fully saturated rings. The molecule has 0 spiro atoms. The number of hydrogen-bond acceptors (Lipinski definition) is 5. The molecule has 16 heavy (non-hydrogen) atoms. The summed E-state index contributed by atoms with van der Waals surface area (Å²) in [5.41, 5.74) is 1.78. The highest BCUT2D eigenvalue weighted by Crippen LogP contribution is 1.99. The van der Waals surface area contributed by atoms with Crippen LogP contribution in [0.1, 0.15) is 0 Å². The lowest BCUT2D eigenvalue weighted by Gasteiger charge is -1.80. The molecule has 0 saturated carbocycles. The molecular weight excluding hydrogens is 206 g/mol. The van der Waals surface area contributed by atoms with E-state index in [1.807, 2.05) is 0 Å². The van der Waals surface area contributed by atoms with Crippen LogP contribution in [0.2, 0.25) is 0 Å². The lowest BCUT2D eigenvalue weighted by atomic mass is 10.5. The van der Waals surface area contributed by atoms with Crippen LogP contribution in [0.25, 0.3) is 11.2 Å². The zero-order chi connectivity index (χ0) is 11.2. The van der Waals surface area contributed by atoms with Crippen molar-refractivity contribution in [1.82, 2.24) is 19.9 Å². The Morgan fingerprint density at radius 1 is 1.25 bits per heavy atom. The van der Waals surface area contributed by atoms with Gasteiger partial charge in [0.2, 0.25) is 5.55 Å². The Kier molecular flexibility index (Phi) is 3.03. The van der Waals surface area contributed by atoms with Gasteiger partial charge in [-0.05, 0) is 6.07 Å². The maximum Gasteiger partial charge on any atom is 0.210 e. The second kappa shape index (κ2) is 4.83. The molecule has 0 aliphatic heterocycles. The van der Waals surface area contributed by atoms with Gasteiger partial charge in [-0.3, -0.25) is 5.41 Å². The summed E-state index contributed by atoms with van der Waals surface area (Å²) in [5.74, 6) is 0. The predicted molar refractivity (Wildman–Crippen MR) is 56.2 cm³/mol. The number of imidazole rings is 1. The first-order valence-electron chi connectivity index (χ1n) is 4.54. The number of rotatable bonds is 0. The minimum atomic E-state index is 0.197. The van der Waals surface area contributed by atoms with E-state index in [1.54, 1.807) is 30.7 Å². The topological polar surface area (TPSA) is 91.5 Å². The molecule has 3 aromatic rings. The number of aromatic amines is 1. The fourth-order valence-corrected chi connectivity index (χ4v) is 1.03. The third-order valence-corrected chi connectivity index (χ3v) is 1.73. The van der Waals surface area contributed by atoms with E-state index in [-0.39, 0.29) is 5.55 Å². The molecule has 0 radical (unpaired) electrons. The van der Waals surface area contributed by atoms with Crippen LogP contribution in [-0.2, 0) is 0 Å². The van der Waals surface area contributed by atoms with Gasteiger partial charge in [0.1, 0.15) is 11.8 Å². The lowest BCUT2D eigenvalue weighted by molar-refractivity contribution is 0.486. The molecule has 0 amide bonds. The second-order valence-electron chi connectivity index (χ2n) is 2.83. The van der Waals surface area contributed by atoms with E-state index < -0.39 is 0 Å². The van der Waals surface area contributed by atoms with E-state index in [9.17, 15) is 0 Å². The molecule has 3 aromatic heterocycles.